The molecule has 0 aromatic heterocycles. The molecule has 3 nitrogen and oxygen atoms in total. The van der Waals surface area contributed by atoms with Gasteiger partial charge in [-0.1, -0.05) is 0 Å². The molecule has 0 amide bonds. The van der Waals surface area contributed by atoms with Crippen LogP contribution in [0.3, 0.4) is 0 Å². The van der Waals surface area contributed by atoms with E-state index in [0.29, 0.717) is 19.4 Å². The van der Waals surface area contributed by atoms with Gasteiger partial charge in [0.15, 0.2) is 0 Å². The highest BCUT2D eigenvalue weighted by atomic mass is 35.5. The van der Waals surface area contributed by atoms with Crippen LogP contribution in [0, 0.1) is 0 Å². The molecule has 0 aliphatic rings. The first-order valence-corrected chi connectivity index (χ1v) is 5.31. The molecule has 14 heavy (non-hydrogen) atoms. The number of esters is 1. The van der Waals surface area contributed by atoms with Gasteiger partial charge >= 0.3 is 5.97 Å². The molecule has 0 aliphatic heterocycles. The average Bonchev–Trinajstić information content (AvgIpc) is 2.00. The number of alkyl halides is 1. The standard InChI is InChI=1S/C10H19ClO3/c1-4-14-9(12)7-8(11)5-6-10(2,3)13/h8,13H,4-7H2,1-3H3. The summed E-state index contributed by atoms with van der Waals surface area (Å²) in [4.78, 5) is 11.0. The summed E-state index contributed by atoms with van der Waals surface area (Å²) in [5.74, 6) is -0.275. The third-order valence-electron chi connectivity index (χ3n) is 1.76. The van der Waals surface area contributed by atoms with Gasteiger partial charge in [0.25, 0.3) is 0 Å². The maximum atomic E-state index is 11.0. The third-order valence-corrected chi connectivity index (χ3v) is 2.14. The number of rotatable bonds is 6. The van der Waals surface area contributed by atoms with E-state index in [1.807, 2.05) is 0 Å². The Morgan fingerprint density at radius 2 is 2.14 bits per heavy atom. The first-order valence-electron chi connectivity index (χ1n) is 4.87. The fraction of sp³-hybridized carbons (Fsp3) is 0.900. The largest absolute Gasteiger partial charge is 0.466 e. The third kappa shape index (κ3) is 8.32. The molecule has 0 saturated carbocycles. The predicted octanol–water partition coefficient (Wildman–Crippen LogP) is 2.10. The molecule has 0 spiro atoms. The van der Waals surface area contributed by atoms with Crippen molar-refractivity contribution >= 4 is 17.6 Å². The van der Waals surface area contributed by atoms with Gasteiger partial charge in [-0.05, 0) is 33.6 Å². The van der Waals surface area contributed by atoms with Crippen LogP contribution in [0.15, 0.2) is 0 Å². The van der Waals surface area contributed by atoms with Crippen LogP contribution in [-0.4, -0.2) is 28.7 Å². The van der Waals surface area contributed by atoms with Crippen molar-refractivity contribution in [3.63, 3.8) is 0 Å². The van der Waals surface area contributed by atoms with Crippen LogP contribution in [0.25, 0.3) is 0 Å². The van der Waals surface area contributed by atoms with Gasteiger partial charge in [0.2, 0.25) is 0 Å². The minimum absolute atomic E-state index is 0.214. The Bertz CT molecular complexity index is 175. The van der Waals surface area contributed by atoms with Crippen molar-refractivity contribution in [3.8, 4) is 0 Å². The molecule has 1 N–H and O–H groups in total. The van der Waals surface area contributed by atoms with E-state index in [1.54, 1.807) is 20.8 Å². The van der Waals surface area contributed by atoms with Crippen molar-refractivity contribution in [2.75, 3.05) is 6.61 Å². The van der Waals surface area contributed by atoms with E-state index < -0.39 is 5.60 Å². The number of ether oxygens (including phenoxy) is 1. The summed E-state index contributed by atoms with van der Waals surface area (Å²) in [6.45, 7) is 5.59. The van der Waals surface area contributed by atoms with Crippen LogP contribution < -0.4 is 0 Å². The van der Waals surface area contributed by atoms with Crippen LogP contribution in [0.4, 0.5) is 0 Å². The van der Waals surface area contributed by atoms with E-state index in [0.717, 1.165) is 0 Å². The minimum atomic E-state index is -0.720. The molecule has 0 aromatic rings. The monoisotopic (exact) mass is 222 g/mol. The topological polar surface area (TPSA) is 46.5 Å². The first-order chi connectivity index (χ1) is 6.35. The molecule has 0 radical (unpaired) electrons. The smallest absolute Gasteiger partial charge is 0.307 e. The van der Waals surface area contributed by atoms with Crippen molar-refractivity contribution in [2.45, 2.75) is 51.0 Å². The SMILES string of the molecule is CCOC(=O)CC(Cl)CCC(C)(C)O. The fourth-order valence-corrected chi connectivity index (χ4v) is 1.25. The van der Waals surface area contributed by atoms with Crippen LogP contribution in [0.1, 0.15) is 40.0 Å². The van der Waals surface area contributed by atoms with E-state index in [2.05, 4.69) is 0 Å². The molecule has 0 rings (SSSR count). The number of halogens is 1. The molecular weight excluding hydrogens is 204 g/mol. The molecule has 0 saturated heterocycles. The van der Waals surface area contributed by atoms with Gasteiger partial charge in [0.05, 0.1) is 18.6 Å². The van der Waals surface area contributed by atoms with E-state index >= 15 is 0 Å². The van der Waals surface area contributed by atoms with Crippen molar-refractivity contribution in [2.24, 2.45) is 0 Å². The van der Waals surface area contributed by atoms with Gasteiger partial charge < -0.3 is 9.84 Å². The maximum Gasteiger partial charge on any atom is 0.307 e. The molecule has 0 aliphatic carbocycles. The second-order valence-corrected chi connectivity index (χ2v) is 4.57. The zero-order chi connectivity index (χ0) is 11.2. The summed E-state index contributed by atoms with van der Waals surface area (Å²) >= 11 is 5.91. The molecule has 0 heterocycles. The number of carbonyl (C=O) groups is 1. The van der Waals surface area contributed by atoms with Gasteiger partial charge in [-0.3, -0.25) is 4.79 Å². The normalized spacial score (nSPS) is 13.8. The number of aliphatic hydroxyl groups is 1. The van der Waals surface area contributed by atoms with Crippen LogP contribution in [-0.2, 0) is 9.53 Å². The van der Waals surface area contributed by atoms with Crippen LogP contribution in [0.2, 0.25) is 0 Å². The highest BCUT2D eigenvalue weighted by molar-refractivity contribution is 6.21. The van der Waals surface area contributed by atoms with E-state index in [-0.39, 0.29) is 17.8 Å². The Kier molecular flexibility index (Phi) is 6.12. The zero-order valence-electron chi connectivity index (χ0n) is 9.05. The van der Waals surface area contributed by atoms with E-state index in [1.165, 1.54) is 0 Å². The summed E-state index contributed by atoms with van der Waals surface area (Å²) in [6, 6.07) is 0. The Hall–Kier alpha value is -0.280. The van der Waals surface area contributed by atoms with Crippen LogP contribution >= 0.6 is 11.6 Å². The van der Waals surface area contributed by atoms with Gasteiger partial charge in [-0.2, -0.15) is 0 Å². The fourth-order valence-electron chi connectivity index (χ4n) is 1.01. The Labute approximate surface area is 90.4 Å². The summed E-state index contributed by atoms with van der Waals surface area (Å²) < 4.78 is 4.76. The van der Waals surface area contributed by atoms with Gasteiger partial charge in [0.1, 0.15) is 0 Å². The molecule has 4 heteroatoms. The number of hydrogen-bond acceptors (Lipinski definition) is 3. The predicted molar refractivity (Wildman–Crippen MR) is 56.4 cm³/mol. The van der Waals surface area contributed by atoms with Crippen LogP contribution in [0.5, 0.6) is 0 Å². The van der Waals surface area contributed by atoms with Crippen molar-refractivity contribution in [3.05, 3.63) is 0 Å². The van der Waals surface area contributed by atoms with Gasteiger partial charge in [-0.15, -0.1) is 11.6 Å². The quantitative estimate of drug-likeness (QED) is 0.553. The maximum absolute atomic E-state index is 11.0. The molecule has 1 unspecified atom stereocenters. The minimum Gasteiger partial charge on any atom is -0.466 e. The van der Waals surface area contributed by atoms with Gasteiger partial charge in [0, 0.05) is 5.38 Å². The van der Waals surface area contributed by atoms with Crippen molar-refractivity contribution in [1.29, 1.82) is 0 Å². The van der Waals surface area contributed by atoms with Crippen molar-refractivity contribution < 1.29 is 14.6 Å². The zero-order valence-corrected chi connectivity index (χ0v) is 9.80. The van der Waals surface area contributed by atoms with E-state index in [4.69, 9.17) is 16.3 Å². The summed E-state index contributed by atoms with van der Waals surface area (Å²) in [6.07, 6.45) is 1.41. The second kappa shape index (κ2) is 6.25. The Morgan fingerprint density at radius 3 is 2.57 bits per heavy atom. The molecule has 0 bridgehead atoms. The summed E-state index contributed by atoms with van der Waals surface area (Å²) in [5, 5.41) is 9.18. The summed E-state index contributed by atoms with van der Waals surface area (Å²) in [7, 11) is 0. The highest BCUT2D eigenvalue weighted by Gasteiger charge is 2.17. The van der Waals surface area contributed by atoms with Crippen molar-refractivity contribution in [1.82, 2.24) is 0 Å². The lowest BCUT2D eigenvalue weighted by Crippen LogP contribution is -2.21. The Balaban J connectivity index is 3.65. The molecule has 1 atom stereocenters. The Morgan fingerprint density at radius 1 is 1.57 bits per heavy atom. The molecule has 84 valence electrons. The summed E-state index contributed by atoms with van der Waals surface area (Å²) in [5.41, 5.74) is -0.720. The average molecular weight is 223 g/mol. The van der Waals surface area contributed by atoms with E-state index in [9.17, 15) is 9.90 Å². The lowest BCUT2D eigenvalue weighted by atomic mass is 10.0. The van der Waals surface area contributed by atoms with Gasteiger partial charge in [-0.25, -0.2) is 0 Å². The molecular formula is C10H19ClO3. The second-order valence-electron chi connectivity index (χ2n) is 3.96. The lowest BCUT2D eigenvalue weighted by Gasteiger charge is -2.18. The molecule has 0 fully saturated rings. The lowest BCUT2D eigenvalue weighted by molar-refractivity contribution is -0.143. The molecule has 0 aromatic carbocycles. The highest BCUT2D eigenvalue weighted by Crippen LogP contribution is 2.17. The number of hydrogen-bond donors (Lipinski definition) is 1. The first kappa shape index (κ1) is 13.7. The number of carbonyl (C=O) groups excluding carboxylic acids is 1.